The number of aryl methyl sites for hydroxylation is 1. The van der Waals surface area contributed by atoms with Crippen molar-refractivity contribution in [3.8, 4) is 0 Å². The molecule has 0 saturated heterocycles. The Labute approximate surface area is 120 Å². The molecule has 8 heteroatoms. The molecular formula is C12H13NO5S2. The Kier molecular flexibility index (Phi) is 4.26. The van der Waals surface area contributed by atoms with Gasteiger partial charge in [-0.2, -0.15) is 16.1 Å². The summed E-state index contributed by atoms with van der Waals surface area (Å²) in [7, 11) is -3.76. The predicted molar refractivity (Wildman–Crippen MR) is 73.1 cm³/mol. The topological polar surface area (TPSA) is 96.6 Å². The summed E-state index contributed by atoms with van der Waals surface area (Å²) in [5.41, 5.74) is 0. The Morgan fingerprint density at radius 1 is 1.45 bits per heavy atom. The van der Waals surface area contributed by atoms with Crippen LogP contribution in [0.15, 0.2) is 38.3 Å². The van der Waals surface area contributed by atoms with E-state index in [0.717, 1.165) is 0 Å². The summed E-state index contributed by atoms with van der Waals surface area (Å²) >= 11 is 1.25. The van der Waals surface area contributed by atoms with Crippen molar-refractivity contribution in [3.63, 3.8) is 0 Å². The number of thiophene rings is 1. The van der Waals surface area contributed by atoms with Crippen LogP contribution >= 0.6 is 11.3 Å². The third-order valence-electron chi connectivity index (χ3n) is 2.59. The maximum Gasteiger partial charge on any atom is 0.305 e. The molecule has 0 aromatic carbocycles. The van der Waals surface area contributed by atoms with Gasteiger partial charge < -0.3 is 9.52 Å². The molecule has 0 radical (unpaired) electrons. The SMILES string of the molecule is Cc1ccc(C(CC(=O)O)NS(=O)(=O)c2ccsc2)o1. The fourth-order valence-electron chi connectivity index (χ4n) is 1.68. The molecule has 0 fully saturated rings. The molecule has 20 heavy (non-hydrogen) atoms. The largest absolute Gasteiger partial charge is 0.481 e. The minimum Gasteiger partial charge on any atom is -0.481 e. The molecule has 0 bridgehead atoms. The number of hydrogen-bond donors (Lipinski definition) is 2. The van der Waals surface area contributed by atoms with Gasteiger partial charge >= 0.3 is 5.97 Å². The minimum absolute atomic E-state index is 0.112. The van der Waals surface area contributed by atoms with Gasteiger partial charge in [0.2, 0.25) is 10.0 Å². The second-order valence-corrected chi connectivity index (χ2v) is 6.67. The molecular weight excluding hydrogens is 302 g/mol. The molecule has 2 aromatic rings. The van der Waals surface area contributed by atoms with Gasteiger partial charge in [-0.15, -0.1) is 0 Å². The Hall–Kier alpha value is -1.64. The second kappa shape index (κ2) is 5.78. The van der Waals surface area contributed by atoms with Crippen molar-refractivity contribution in [2.45, 2.75) is 24.3 Å². The number of carbonyl (C=O) groups is 1. The van der Waals surface area contributed by atoms with Crippen LogP contribution in [0.3, 0.4) is 0 Å². The van der Waals surface area contributed by atoms with Crippen molar-refractivity contribution < 1.29 is 22.7 Å². The highest BCUT2D eigenvalue weighted by Crippen LogP contribution is 2.23. The van der Waals surface area contributed by atoms with E-state index in [9.17, 15) is 13.2 Å². The maximum absolute atomic E-state index is 12.1. The van der Waals surface area contributed by atoms with E-state index >= 15 is 0 Å². The normalized spacial score (nSPS) is 13.2. The molecule has 6 nitrogen and oxygen atoms in total. The Morgan fingerprint density at radius 3 is 2.70 bits per heavy atom. The molecule has 2 heterocycles. The van der Waals surface area contributed by atoms with Crippen molar-refractivity contribution in [2.24, 2.45) is 0 Å². The molecule has 1 atom stereocenters. The zero-order valence-electron chi connectivity index (χ0n) is 10.6. The average molecular weight is 315 g/mol. The van der Waals surface area contributed by atoms with Gasteiger partial charge in [0.05, 0.1) is 17.4 Å². The molecule has 108 valence electrons. The first-order valence-electron chi connectivity index (χ1n) is 5.71. The number of rotatable bonds is 6. The smallest absolute Gasteiger partial charge is 0.305 e. The standard InChI is InChI=1S/C12H13NO5S2/c1-8-2-3-11(18-8)10(6-12(14)15)13-20(16,17)9-4-5-19-7-9/h2-5,7,10,13H,6H2,1H3,(H,14,15). The van der Waals surface area contributed by atoms with Crippen molar-refractivity contribution >= 4 is 27.3 Å². The molecule has 0 saturated carbocycles. The number of nitrogens with one attached hydrogen (secondary N) is 1. The minimum atomic E-state index is -3.76. The van der Waals surface area contributed by atoms with Gasteiger partial charge in [0.15, 0.2) is 0 Å². The summed E-state index contributed by atoms with van der Waals surface area (Å²) < 4.78 is 31.9. The van der Waals surface area contributed by atoms with E-state index in [0.29, 0.717) is 5.76 Å². The van der Waals surface area contributed by atoms with E-state index in [2.05, 4.69) is 4.72 Å². The van der Waals surface area contributed by atoms with Gasteiger partial charge in [-0.25, -0.2) is 8.42 Å². The number of carboxylic acid groups (broad SMARTS) is 1. The van der Waals surface area contributed by atoms with Crippen molar-refractivity contribution in [2.75, 3.05) is 0 Å². The molecule has 2 N–H and O–H groups in total. The van der Waals surface area contributed by atoms with Crippen LogP contribution in [0.2, 0.25) is 0 Å². The Balaban J connectivity index is 2.27. The van der Waals surface area contributed by atoms with Crippen LogP contribution in [0.5, 0.6) is 0 Å². The number of aliphatic carboxylic acids is 1. The highest BCUT2D eigenvalue weighted by Gasteiger charge is 2.26. The number of carboxylic acids is 1. The van der Waals surface area contributed by atoms with Gasteiger partial charge in [0.25, 0.3) is 0 Å². The van der Waals surface area contributed by atoms with Gasteiger partial charge in [-0.05, 0) is 30.5 Å². The molecule has 0 spiro atoms. The lowest BCUT2D eigenvalue weighted by atomic mass is 10.2. The molecule has 1 unspecified atom stereocenters. The monoisotopic (exact) mass is 315 g/mol. The van der Waals surface area contributed by atoms with Gasteiger partial charge in [-0.1, -0.05) is 0 Å². The van der Waals surface area contributed by atoms with E-state index in [-0.39, 0.29) is 10.7 Å². The highest BCUT2D eigenvalue weighted by molar-refractivity contribution is 7.89. The quantitative estimate of drug-likeness (QED) is 0.851. The molecule has 0 aliphatic heterocycles. The third kappa shape index (κ3) is 3.47. The van der Waals surface area contributed by atoms with Gasteiger partial charge in [0, 0.05) is 5.38 Å². The lowest BCUT2D eigenvalue weighted by Crippen LogP contribution is -2.29. The van der Waals surface area contributed by atoms with Crippen LogP contribution in [0, 0.1) is 6.92 Å². The fourth-order valence-corrected chi connectivity index (χ4v) is 3.91. The third-order valence-corrected chi connectivity index (χ3v) is 4.89. The van der Waals surface area contributed by atoms with Gasteiger partial charge in [-0.3, -0.25) is 4.79 Å². The first kappa shape index (κ1) is 14.8. The first-order chi connectivity index (χ1) is 9.38. The van der Waals surface area contributed by atoms with Crippen LogP contribution in [-0.2, 0) is 14.8 Å². The fraction of sp³-hybridized carbons (Fsp3) is 0.250. The average Bonchev–Trinajstić information content (AvgIpc) is 2.97. The Morgan fingerprint density at radius 2 is 2.20 bits per heavy atom. The van der Waals surface area contributed by atoms with E-state index in [1.54, 1.807) is 24.4 Å². The highest BCUT2D eigenvalue weighted by atomic mass is 32.2. The van der Waals surface area contributed by atoms with Crippen LogP contribution < -0.4 is 4.72 Å². The summed E-state index contributed by atoms with van der Waals surface area (Å²) in [4.78, 5) is 11.0. The van der Waals surface area contributed by atoms with E-state index in [1.165, 1.54) is 22.8 Å². The molecule has 2 aromatic heterocycles. The van der Waals surface area contributed by atoms with Crippen LogP contribution in [-0.4, -0.2) is 19.5 Å². The second-order valence-electron chi connectivity index (χ2n) is 4.18. The van der Waals surface area contributed by atoms with Gasteiger partial charge in [0.1, 0.15) is 11.5 Å². The number of furan rings is 1. The zero-order chi connectivity index (χ0) is 14.8. The zero-order valence-corrected chi connectivity index (χ0v) is 12.2. The molecule has 0 amide bonds. The van der Waals surface area contributed by atoms with Crippen molar-refractivity contribution in [1.29, 1.82) is 0 Å². The number of hydrogen-bond acceptors (Lipinski definition) is 5. The maximum atomic E-state index is 12.1. The summed E-state index contributed by atoms with van der Waals surface area (Å²) in [6.45, 7) is 1.70. The van der Waals surface area contributed by atoms with Crippen molar-refractivity contribution in [1.82, 2.24) is 4.72 Å². The van der Waals surface area contributed by atoms with E-state index in [1.807, 2.05) is 0 Å². The van der Waals surface area contributed by atoms with Crippen molar-refractivity contribution in [3.05, 3.63) is 40.5 Å². The summed E-state index contributed by atoms with van der Waals surface area (Å²) in [5.74, 6) is -0.245. The Bertz CT molecular complexity index is 687. The lowest BCUT2D eigenvalue weighted by Gasteiger charge is -2.14. The predicted octanol–water partition coefficient (Wildman–Crippen LogP) is 2.14. The van der Waals surface area contributed by atoms with E-state index in [4.69, 9.17) is 9.52 Å². The van der Waals surface area contributed by atoms with Crippen LogP contribution in [0.1, 0.15) is 24.0 Å². The number of sulfonamides is 1. The molecule has 2 rings (SSSR count). The summed E-state index contributed by atoms with van der Waals surface area (Å²) in [6, 6.07) is 3.74. The summed E-state index contributed by atoms with van der Waals surface area (Å²) in [5, 5.41) is 12.0. The molecule has 0 aliphatic rings. The van der Waals surface area contributed by atoms with Crippen LogP contribution in [0.25, 0.3) is 0 Å². The van der Waals surface area contributed by atoms with E-state index < -0.39 is 28.5 Å². The first-order valence-corrected chi connectivity index (χ1v) is 8.14. The summed E-state index contributed by atoms with van der Waals surface area (Å²) in [6.07, 6.45) is -0.393. The van der Waals surface area contributed by atoms with Crippen LogP contribution in [0.4, 0.5) is 0 Å². The lowest BCUT2D eigenvalue weighted by molar-refractivity contribution is -0.137. The molecule has 0 aliphatic carbocycles.